The number of nitrogens with one attached hydrogen (secondary N) is 2. The molecular weight excluding hydrogens is 432 g/mol. The third-order valence-corrected chi connectivity index (χ3v) is 5.66. The summed E-state index contributed by atoms with van der Waals surface area (Å²) in [6, 6.07) is 12.9. The van der Waals surface area contributed by atoms with Gasteiger partial charge in [0.25, 0.3) is 5.91 Å². The SMILES string of the molecule is CCCC(=O)N1CCN(c2ccc(NC(=S)NC(=O)c3cccc(C)c3)cc2Cl)CC1. The van der Waals surface area contributed by atoms with E-state index in [0.717, 1.165) is 30.8 Å². The van der Waals surface area contributed by atoms with E-state index >= 15 is 0 Å². The summed E-state index contributed by atoms with van der Waals surface area (Å²) in [5.74, 6) is -0.0478. The molecule has 0 spiro atoms. The van der Waals surface area contributed by atoms with Crippen molar-refractivity contribution in [1.82, 2.24) is 10.2 Å². The summed E-state index contributed by atoms with van der Waals surface area (Å²) in [6.45, 7) is 6.83. The molecule has 2 aromatic rings. The van der Waals surface area contributed by atoms with E-state index in [2.05, 4.69) is 15.5 Å². The van der Waals surface area contributed by atoms with E-state index in [1.165, 1.54) is 0 Å². The van der Waals surface area contributed by atoms with E-state index in [1.807, 2.05) is 43.0 Å². The van der Waals surface area contributed by atoms with Gasteiger partial charge in [0.15, 0.2) is 5.11 Å². The average Bonchev–Trinajstić information content (AvgIpc) is 2.74. The van der Waals surface area contributed by atoms with Crippen molar-refractivity contribution in [3.63, 3.8) is 0 Å². The minimum absolute atomic E-state index is 0.207. The number of carbonyl (C=O) groups is 2. The highest BCUT2D eigenvalue weighted by atomic mass is 35.5. The second-order valence-electron chi connectivity index (χ2n) is 7.56. The number of carbonyl (C=O) groups excluding carboxylic acids is 2. The Hall–Kier alpha value is -2.64. The molecular formula is C23H27ClN4O2S. The lowest BCUT2D eigenvalue weighted by atomic mass is 10.1. The first kappa shape index (κ1) is 23.0. The smallest absolute Gasteiger partial charge is 0.257 e. The molecule has 0 radical (unpaired) electrons. The van der Waals surface area contributed by atoms with Gasteiger partial charge in [0, 0.05) is 43.9 Å². The number of thiocarbonyl (C=S) groups is 1. The first-order valence-corrected chi connectivity index (χ1v) is 11.2. The number of benzene rings is 2. The Morgan fingerprint density at radius 1 is 1.10 bits per heavy atom. The van der Waals surface area contributed by atoms with E-state index < -0.39 is 0 Å². The van der Waals surface area contributed by atoms with Gasteiger partial charge in [0.05, 0.1) is 10.7 Å². The Bertz CT molecular complexity index is 974. The quantitative estimate of drug-likeness (QED) is 0.656. The van der Waals surface area contributed by atoms with Crippen LogP contribution in [0, 0.1) is 6.92 Å². The van der Waals surface area contributed by atoms with Crippen LogP contribution in [0.3, 0.4) is 0 Å². The second kappa shape index (κ2) is 10.6. The largest absolute Gasteiger partial charge is 0.367 e. The van der Waals surface area contributed by atoms with Gasteiger partial charge < -0.3 is 15.1 Å². The van der Waals surface area contributed by atoms with Crippen LogP contribution in [0.5, 0.6) is 0 Å². The number of anilines is 2. The summed E-state index contributed by atoms with van der Waals surface area (Å²) in [6.07, 6.45) is 1.47. The van der Waals surface area contributed by atoms with Crippen molar-refractivity contribution in [2.45, 2.75) is 26.7 Å². The second-order valence-corrected chi connectivity index (χ2v) is 8.38. The molecule has 6 nitrogen and oxygen atoms in total. The fraction of sp³-hybridized carbons (Fsp3) is 0.348. The van der Waals surface area contributed by atoms with Crippen molar-refractivity contribution in [3.05, 3.63) is 58.6 Å². The number of halogens is 1. The number of hydrogen-bond acceptors (Lipinski definition) is 4. The fourth-order valence-electron chi connectivity index (χ4n) is 3.53. The highest BCUT2D eigenvalue weighted by Crippen LogP contribution is 2.29. The van der Waals surface area contributed by atoms with Crippen LogP contribution in [-0.4, -0.2) is 48.0 Å². The van der Waals surface area contributed by atoms with Crippen LogP contribution < -0.4 is 15.5 Å². The summed E-state index contributed by atoms with van der Waals surface area (Å²) in [5.41, 5.74) is 3.17. The summed E-state index contributed by atoms with van der Waals surface area (Å²) in [5, 5.41) is 6.49. The van der Waals surface area contributed by atoms with Crippen molar-refractivity contribution in [2.24, 2.45) is 0 Å². The lowest BCUT2D eigenvalue weighted by Gasteiger charge is -2.36. The van der Waals surface area contributed by atoms with Gasteiger partial charge in [-0.3, -0.25) is 14.9 Å². The van der Waals surface area contributed by atoms with Gasteiger partial charge in [0.1, 0.15) is 0 Å². The number of nitrogens with zero attached hydrogens (tertiary/aromatic N) is 2. The van der Waals surface area contributed by atoms with Crippen LogP contribution in [0.4, 0.5) is 11.4 Å². The molecule has 2 N–H and O–H groups in total. The molecule has 3 rings (SSSR count). The molecule has 8 heteroatoms. The van der Waals surface area contributed by atoms with Gasteiger partial charge in [-0.05, 0) is 55.9 Å². The standard InChI is InChI=1S/C23H27ClN4O2S/c1-3-5-21(29)28-12-10-27(11-13-28)20-9-8-18(15-19(20)24)25-23(31)26-22(30)17-7-4-6-16(2)14-17/h4,6-9,14-15H,3,5,10-13H2,1-2H3,(H2,25,26,30,31). The Morgan fingerprint density at radius 2 is 1.84 bits per heavy atom. The van der Waals surface area contributed by atoms with Gasteiger partial charge in [-0.2, -0.15) is 0 Å². The van der Waals surface area contributed by atoms with Crippen molar-refractivity contribution >= 4 is 52.1 Å². The predicted molar refractivity (Wildman–Crippen MR) is 130 cm³/mol. The third kappa shape index (κ3) is 6.18. The van der Waals surface area contributed by atoms with Gasteiger partial charge in [-0.15, -0.1) is 0 Å². The van der Waals surface area contributed by atoms with E-state index in [9.17, 15) is 9.59 Å². The monoisotopic (exact) mass is 458 g/mol. The lowest BCUT2D eigenvalue weighted by Crippen LogP contribution is -2.48. The maximum absolute atomic E-state index is 12.3. The van der Waals surface area contributed by atoms with E-state index in [-0.39, 0.29) is 16.9 Å². The van der Waals surface area contributed by atoms with Crippen LogP contribution in [0.1, 0.15) is 35.7 Å². The maximum atomic E-state index is 12.3. The zero-order valence-corrected chi connectivity index (χ0v) is 19.4. The summed E-state index contributed by atoms with van der Waals surface area (Å²) < 4.78 is 0. The summed E-state index contributed by atoms with van der Waals surface area (Å²) in [7, 11) is 0. The molecule has 31 heavy (non-hydrogen) atoms. The Balaban J connectivity index is 1.56. The molecule has 0 saturated carbocycles. The molecule has 0 aromatic heterocycles. The Labute approximate surface area is 193 Å². The zero-order valence-electron chi connectivity index (χ0n) is 17.8. The maximum Gasteiger partial charge on any atom is 0.257 e. The van der Waals surface area contributed by atoms with Crippen molar-refractivity contribution in [2.75, 3.05) is 36.4 Å². The molecule has 1 heterocycles. The molecule has 2 aromatic carbocycles. The highest BCUT2D eigenvalue weighted by molar-refractivity contribution is 7.80. The zero-order chi connectivity index (χ0) is 22.4. The van der Waals surface area contributed by atoms with E-state index in [1.54, 1.807) is 18.2 Å². The van der Waals surface area contributed by atoms with Crippen LogP contribution in [-0.2, 0) is 4.79 Å². The van der Waals surface area contributed by atoms with Crippen LogP contribution in [0.25, 0.3) is 0 Å². The van der Waals surface area contributed by atoms with Crippen LogP contribution in [0.15, 0.2) is 42.5 Å². The molecule has 1 saturated heterocycles. The normalized spacial score (nSPS) is 13.6. The topological polar surface area (TPSA) is 64.7 Å². The van der Waals surface area contributed by atoms with Crippen molar-refractivity contribution in [3.8, 4) is 0 Å². The van der Waals surface area contributed by atoms with Crippen LogP contribution in [0.2, 0.25) is 5.02 Å². The fourth-order valence-corrected chi connectivity index (χ4v) is 4.04. The van der Waals surface area contributed by atoms with Gasteiger partial charge in [-0.25, -0.2) is 0 Å². The molecule has 1 aliphatic rings. The number of piperazine rings is 1. The third-order valence-electron chi connectivity index (χ3n) is 5.15. The van der Waals surface area contributed by atoms with E-state index in [4.69, 9.17) is 23.8 Å². The van der Waals surface area contributed by atoms with Gasteiger partial charge >= 0.3 is 0 Å². The number of rotatable bonds is 5. The lowest BCUT2D eigenvalue weighted by molar-refractivity contribution is -0.131. The van der Waals surface area contributed by atoms with Gasteiger partial charge in [0.2, 0.25) is 5.91 Å². The van der Waals surface area contributed by atoms with Crippen LogP contribution >= 0.6 is 23.8 Å². The molecule has 0 atom stereocenters. The predicted octanol–water partition coefficient (Wildman–Crippen LogP) is 4.22. The first-order chi connectivity index (χ1) is 14.9. The molecule has 0 unspecified atom stereocenters. The number of hydrogen-bond donors (Lipinski definition) is 2. The summed E-state index contributed by atoms with van der Waals surface area (Å²) >= 11 is 11.8. The minimum Gasteiger partial charge on any atom is -0.367 e. The molecule has 1 fully saturated rings. The minimum atomic E-state index is -0.264. The Morgan fingerprint density at radius 3 is 2.48 bits per heavy atom. The molecule has 164 valence electrons. The molecule has 2 amide bonds. The molecule has 1 aliphatic heterocycles. The van der Waals surface area contributed by atoms with Crippen molar-refractivity contribution < 1.29 is 9.59 Å². The van der Waals surface area contributed by atoms with Gasteiger partial charge in [-0.1, -0.05) is 36.2 Å². The number of amides is 2. The molecule has 0 aliphatic carbocycles. The molecule has 0 bridgehead atoms. The average molecular weight is 459 g/mol. The van der Waals surface area contributed by atoms with Crippen molar-refractivity contribution in [1.29, 1.82) is 0 Å². The highest BCUT2D eigenvalue weighted by Gasteiger charge is 2.22. The summed E-state index contributed by atoms with van der Waals surface area (Å²) in [4.78, 5) is 28.5. The number of aryl methyl sites for hydroxylation is 1. The Kier molecular flexibility index (Phi) is 7.87. The van der Waals surface area contributed by atoms with E-state index in [0.29, 0.717) is 35.8 Å². The first-order valence-electron chi connectivity index (χ1n) is 10.4.